The summed E-state index contributed by atoms with van der Waals surface area (Å²) in [5.74, 6) is 1.57. The maximum atomic E-state index is 12.5. The van der Waals surface area contributed by atoms with Gasteiger partial charge in [-0.25, -0.2) is 4.98 Å². The molecule has 7 nitrogen and oxygen atoms in total. The maximum absolute atomic E-state index is 12.5. The van der Waals surface area contributed by atoms with E-state index in [2.05, 4.69) is 20.5 Å². The standard InChI is InChI=1S/C24H18N4O3S/c29-21(25-18-9-3-7-16-6-1-2-8-17(16)18)12-15-32-24-26-22(19-10-4-13-30-19)23(27-28-24)20-11-5-14-31-20/h1-11,13-14H,12,15H2,(H,25,29). The van der Waals surface area contributed by atoms with E-state index in [-0.39, 0.29) is 5.91 Å². The summed E-state index contributed by atoms with van der Waals surface area (Å²) < 4.78 is 11.0. The van der Waals surface area contributed by atoms with Crippen molar-refractivity contribution in [1.29, 1.82) is 0 Å². The third-order valence-electron chi connectivity index (χ3n) is 4.80. The Hall–Kier alpha value is -3.91. The van der Waals surface area contributed by atoms with Crippen LogP contribution in [0.5, 0.6) is 0 Å². The lowest BCUT2D eigenvalue weighted by Crippen LogP contribution is -2.12. The molecule has 3 aromatic heterocycles. The molecule has 0 spiro atoms. The number of aromatic nitrogens is 3. The summed E-state index contributed by atoms with van der Waals surface area (Å²) in [7, 11) is 0. The summed E-state index contributed by atoms with van der Waals surface area (Å²) >= 11 is 1.36. The normalized spacial score (nSPS) is 11.0. The zero-order valence-corrected chi connectivity index (χ0v) is 17.7. The number of nitrogens with zero attached hydrogens (tertiary/aromatic N) is 3. The van der Waals surface area contributed by atoms with Gasteiger partial charge < -0.3 is 14.2 Å². The summed E-state index contributed by atoms with van der Waals surface area (Å²) in [6.07, 6.45) is 3.46. The number of amides is 1. The summed E-state index contributed by atoms with van der Waals surface area (Å²) in [6.45, 7) is 0. The third-order valence-corrected chi connectivity index (χ3v) is 5.64. The first kappa shape index (κ1) is 20.0. The Labute approximate surface area is 187 Å². The molecule has 8 heteroatoms. The van der Waals surface area contributed by atoms with Crippen molar-refractivity contribution >= 4 is 34.1 Å². The predicted octanol–water partition coefficient (Wildman–Crippen LogP) is 5.67. The number of carbonyl (C=O) groups is 1. The molecule has 0 aliphatic heterocycles. The van der Waals surface area contributed by atoms with Gasteiger partial charge in [0.25, 0.3) is 0 Å². The Morgan fingerprint density at radius 3 is 2.38 bits per heavy atom. The lowest BCUT2D eigenvalue weighted by Gasteiger charge is -2.09. The van der Waals surface area contributed by atoms with Gasteiger partial charge in [-0.2, -0.15) is 0 Å². The van der Waals surface area contributed by atoms with Gasteiger partial charge in [-0.05, 0) is 35.7 Å². The number of thioether (sulfide) groups is 1. The molecule has 0 radical (unpaired) electrons. The SMILES string of the molecule is O=C(CCSc1nnc(-c2ccco2)c(-c2ccco2)n1)Nc1cccc2ccccc12. The second kappa shape index (κ2) is 9.07. The molecule has 0 aliphatic rings. The van der Waals surface area contributed by atoms with Gasteiger partial charge in [-0.1, -0.05) is 48.2 Å². The van der Waals surface area contributed by atoms with Crippen LogP contribution in [0, 0.1) is 0 Å². The highest BCUT2D eigenvalue weighted by Crippen LogP contribution is 2.30. The Kier molecular flexibility index (Phi) is 5.67. The van der Waals surface area contributed by atoms with Gasteiger partial charge in [0.2, 0.25) is 11.1 Å². The Bertz CT molecular complexity index is 1350. The molecule has 2 aromatic carbocycles. The number of hydrogen-bond donors (Lipinski definition) is 1. The van der Waals surface area contributed by atoms with Gasteiger partial charge in [0.05, 0.1) is 12.5 Å². The Balaban J connectivity index is 1.27. The van der Waals surface area contributed by atoms with Crippen LogP contribution in [0.25, 0.3) is 33.7 Å². The largest absolute Gasteiger partial charge is 0.463 e. The third kappa shape index (κ3) is 4.26. The van der Waals surface area contributed by atoms with Crippen LogP contribution in [0.15, 0.2) is 93.2 Å². The summed E-state index contributed by atoms with van der Waals surface area (Å²) in [4.78, 5) is 17.1. The van der Waals surface area contributed by atoms with Crippen molar-refractivity contribution < 1.29 is 13.6 Å². The molecule has 32 heavy (non-hydrogen) atoms. The molecule has 0 aliphatic carbocycles. The van der Waals surface area contributed by atoms with Crippen LogP contribution < -0.4 is 5.32 Å². The molecule has 158 valence electrons. The average molecular weight is 443 g/mol. The van der Waals surface area contributed by atoms with Gasteiger partial charge in [0, 0.05) is 23.2 Å². The summed E-state index contributed by atoms with van der Waals surface area (Å²) in [6, 6.07) is 21.0. The first-order chi connectivity index (χ1) is 15.8. The zero-order chi connectivity index (χ0) is 21.8. The zero-order valence-electron chi connectivity index (χ0n) is 16.9. The van der Waals surface area contributed by atoms with Gasteiger partial charge in [-0.3, -0.25) is 4.79 Å². The number of carbonyl (C=O) groups excluding carboxylic acids is 1. The number of hydrogen-bond acceptors (Lipinski definition) is 7. The van der Waals surface area contributed by atoms with Gasteiger partial charge in [0.15, 0.2) is 17.2 Å². The van der Waals surface area contributed by atoms with Crippen molar-refractivity contribution in [3.63, 3.8) is 0 Å². The summed E-state index contributed by atoms with van der Waals surface area (Å²) in [5, 5.41) is 14.0. The summed E-state index contributed by atoms with van der Waals surface area (Å²) in [5.41, 5.74) is 1.85. The fourth-order valence-electron chi connectivity index (χ4n) is 3.32. The molecule has 1 amide bonds. The second-order valence-electron chi connectivity index (χ2n) is 6.92. The van der Waals surface area contributed by atoms with Crippen LogP contribution in [0.3, 0.4) is 0 Å². The van der Waals surface area contributed by atoms with E-state index in [1.807, 2.05) is 48.5 Å². The van der Waals surface area contributed by atoms with Gasteiger partial charge in [0.1, 0.15) is 5.69 Å². The predicted molar refractivity (Wildman–Crippen MR) is 123 cm³/mol. The maximum Gasteiger partial charge on any atom is 0.225 e. The highest BCUT2D eigenvalue weighted by Gasteiger charge is 2.18. The topological polar surface area (TPSA) is 94.0 Å². The molecule has 5 rings (SSSR count). The van der Waals surface area contributed by atoms with E-state index in [4.69, 9.17) is 8.83 Å². The van der Waals surface area contributed by atoms with Crippen LogP contribution in [-0.2, 0) is 4.79 Å². The first-order valence-electron chi connectivity index (χ1n) is 10.0. The Morgan fingerprint density at radius 2 is 1.59 bits per heavy atom. The smallest absolute Gasteiger partial charge is 0.225 e. The number of benzene rings is 2. The molecule has 0 unspecified atom stereocenters. The molecule has 0 atom stereocenters. The molecule has 0 saturated carbocycles. The number of nitrogens with one attached hydrogen (secondary N) is 1. The van der Waals surface area contributed by atoms with Crippen LogP contribution in [0.4, 0.5) is 5.69 Å². The minimum Gasteiger partial charge on any atom is -0.463 e. The van der Waals surface area contributed by atoms with E-state index in [9.17, 15) is 4.79 Å². The van der Waals surface area contributed by atoms with Crippen molar-refractivity contribution in [2.45, 2.75) is 11.6 Å². The minimum absolute atomic E-state index is 0.0692. The van der Waals surface area contributed by atoms with Crippen LogP contribution in [0.2, 0.25) is 0 Å². The van der Waals surface area contributed by atoms with Gasteiger partial charge in [-0.15, -0.1) is 10.2 Å². The van der Waals surface area contributed by atoms with Crippen molar-refractivity contribution in [3.8, 4) is 22.9 Å². The molecular weight excluding hydrogens is 424 g/mol. The number of anilines is 1. The highest BCUT2D eigenvalue weighted by atomic mass is 32.2. The monoisotopic (exact) mass is 442 g/mol. The molecule has 5 aromatic rings. The van der Waals surface area contributed by atoms with Crippen LogP contribution in [-0.4, -0.2) is 26.8 Å². The molecule has 3 heterocycles. The van der Waals surface area contributed by atoms with Crippen molar-refractivity contribution in [1.82, 2.24) is 15.2 Å². The van der Waals surface area contributed by atoms with E-state index in [0.29, 0.717) is 40.2 Å². The number of furan rings is 2. The highest BCUT2D eigenvalue weighted by molar-refractivity contribution is 7.99. The molecular formula is C24H18N4O3S. The molecule has 0 saturated heterocycles. The van der Waals surface area contributed by atoms with Gasteiger partial charge >= 0.3 is 0 Å². The fourth-order valence-corrected chi connectivity index (χ4v) is 4.04. The minimum atomic E-state index is -0.0692. The van der Waals surface area contributed by atoms with Crippen LogP contribution in [0.1, 0.15) is 6.42 Å². The van der Waals surface area contributed by atoms with Crippen molar-refractivity contribution in [3.05, 3.63) is 79.3 Å². The van der Waals surface area contributed by atoms with Crippen LogP contribution >= 0.6 is 11.8 Å². The van der Waals surface area contributed by atoms with Crippen molar-refractivity contribution in [2.24, 2.45) is 0 Å². The Morgan fingerprint density at radius 1 is 0.844 bits per heavy atom. The average Bonchev–Trinajstić information content (AvgIpc) is 3.54. The van der Waals surface area contributed by atoms with E-state index < -0.39 is 0 Å². The molecule has 1 N–H and O–H groups in total. The van der Waals surface area contributed by atoms with E-state index in [0.717, 1.165) is 16.5 Å². The number of fused-ring (bicyclic) bond motifs is 1. The van der Waals surface area contributed by atoms with Crippen molar-refractivity contribution in [2.75, 3.05) is 11.1 Å². The lowest BCUT2D eigenvalue weighted by molar-refractivity contribution is -0.115. The van der Waals surface area contributed by atoms with E-state index >= 15 is 0 Å². The first-order valence-corrected chi connectivity index (χ1v) is 11.0. The fraction of sp³-hybridized carbons (Fsp3) is 0.0833. The number of rotatable bonds is 7. The lowest BCUT2D eigenvalue weighted by atomic mass is 10.1. The second-order valence-corrected chi connectivity index (χ2v) is 7.98. The van der Waals surface area contributed by atoms with E-state index in [1.54, 1.807) is 30.7 Å². The molecule has 0 fully saturated rings. The quantitative estimate of drug-likeness (QED) is 0.325. The molecule has 0 bridgehead atoms. The van der Waals surface area contributed by atoms with E-state index in [1.165, 1.54) is 11.8 Å².